The van der Waals surface area contributed by atoms with Crippen LogP contribution in [0.25, 0.3) is 11.6 Å². The summed E-state index contributed by atoms with van der Waals surface area (Å²) in [4.78, 5) is 39.2. The molecule has 10 heteroatoms. The molecule has 1 aliphatic carbocycles. The zero-order valence-corrected chi connectivity index (χ0v) is 17.2. The van der Waals surface area contributed by atoms with Gasteiger partial charge in [-0.1, -0.05) is 0 Å². The number of hydrogen-bond acceptors (Lipinski definition) is 5. The van der Waals surface area contributed by atoms with Gasteiger partial charge in [0, 0.05) is 31.2 Å². The molecule has 1 aromatic carbocycles. The molecule has 3 heterocycles. The number of carbonyl (C=O) groups is 2. The molecule has 3 aromatic rings. The standard InChI is InChI=1S/C22H22FN5O4/c23-15-3-5-16(6-4-15)26-13-14(12-19(26)29)21(30)24-9-10-27-22(31)28(17-7-8-17)20(25-27)18-2-1-11-32-18/h1-6,11,14,17H,7-10,12-13H2,(H,24,30). The van der Waals surface area contributed by atoms with Crippen LogP contribution in [0.15, 0.2) is 51.9 Å². The first-order valence-electron chi connectivity index (χ1n) is 10.6. The highest BCUT2D eigenvalue weighted by Gasteiger charge is 2.35. The molecule has 0 bridgehead atoms. The van der Waals surface area contributed by atoms with Crippen LogP contribution in [0.1, 0.15) is 25.3 Å². The minimum absolute atomic E-state index is 0.0854. The van der Waals surface area contributed by atoms with Crippen molar-refractivity contribution in [1.29, 1.82) is 0 Å². The smallest absolute Gasteiger partial charge is 0.346 e. The summed E-state index contributed by atoms with van der Waals surface area (Å²) in [5.41, 5.74) is 0.334. The van der Waals surface area contributed by atoms with Gasteiger partial charge in [0.25, 0.3) is 0 Å². The first-order valence-corrected chi connectivity index (χ1v) is 10.6. The molecule has 2 amide bonds. The lowest BCUT2D eigenvalue weighted by Crippen LogP contribution is -2.36. The predicted molar refractivity (Wildman–Crippen MR) is 112 cm³/mol. The highest BCUT2D eigenvalue weighted by atomic mass is 19.1. The van der Waals surface area contributed by atoms with Crippen molar-refractivity contribution in [3.63, 3.8) is 0 Å². The summed E-state index contributed by atoms with van der Waals surface area (Å²) in [6.45, 7) is 0.648. The molecular formula is C22H22FN5O4. The summed E-state index contributed by atoms with van der Waals surface area (Å²) >= 11 is 0. The van der Waals surface area contributed by atoms with Crippen molar-refractivity contribution in [2.24, 2.45) is 5.92 Å². The van der Waals surface area contributed by atoms with E-state index in [0.717, 1.165) is 12.8 Å². The van der Waals surface area contributed by atoms with Crippen LogP contribution in [-0.4, -0.2) is 39.3 Å². The molecule has 2 fully saturated rings. The Labute approximate surface area is 182 Å². The zero-order valence-electron chi connectivity index (χ0n) is 17.2. The Morgan fingerprint density at radius 3 is 2.66 bits per heavy atom. The molecule has 9 nitrogen and oxygen atoms in total. The third kappa shape index (κ3) is 3.83. The molecule has 0 spiro atoms. The van der Waals surface area contributed by atoms with Crippen LogP contribution in [0, 0.1) is 11.7 Å². The normalized spacial score (nSPS) is 18.3. The molecule has 166 valence electrons. The maximum Gasteiger partial charge on any atom is 0.346 e. The van der Waals surface area contributed by atoms with Crippen LogP contribution in [0.2, 0.25) is 0 Å². The number of nitrogens with one attached hydrogen (secondary N) is 1. The van der Waals surface area contributed by atoms with Gasteiger partial charge in [-0.25, -0.2) is 13.9 Å². The number of carbonyl (C=O) groups excluding carboxylic acids is 2. The van der Waals surface area contributed by atoms with Crippen molar-refractivity contribution in [2.45, 2.75) is 31.8 Å². The van der Waals surface area contributed by atoms with Gasteiger partial charge >= 0.3 is 5.69 Å². The fourth-order valence-corrected chi connectivity index (χ4v) is 3.98. The summed E-state index contributed by atoms with van der Waals surface area (Å²) in [6, 6.07) is 9.25. The van der Waals surface area contributed by atoms with Gasteiger partial charge in [0.2, 0.25) is 17.6 Å². The number of aromatic nitrogens is 3. The van der Waals surface area contributed by atoms with Crippen molar-refractivity contribution < 1.29 is 18.4 Å². The summed E-state index contributed by atoms with van der Waals surface area (Å²) < 4.78 is 21.5. The third-order valence-electron chi connectivity index (χ3n) is 5.78. The molecule has 2 aliphatic rings. The van der Waals surface area contributed by atoms with E-state index in [2.05, 4.69) is 10.4 Å². The van der Waals surface area contributed by atoms with E-state index in [9.17, 15) is 18.8 Å². The summed E-state index contributed by atoms with van der Waals surface area (Å²) in [5.74, 6) is -0.313. The van der Waals surface area contributed by atoms with Crippen molar-refractivity contribution >= 4 is 17.5 Å². The van der Waals surface area contributed by atoms with Gasteiger partial charge in [0.1, 0.15) is 5.82 Å². The molecule has 1 aliphatic heterocycles. The van der Waals surface area contributed by atoms with Crippen LogP contribution in [0.4, 0.5) is 10.1 Å². The van der Waals surface area contributed by atoms with Crippen LogP contribution < -0.4 is 15.9 Å². The second-order valence-electron chi connectivity index (χ2n) is 8.08. The quantitative estimate of drug-likeness (QED) is 0.606. The van der Waals surface area contributed by atoms with E-state index in [4.69, 9.17) is 4.42 Å². The second kappa shape index (κ2) is 8.10. The van der Waals surface area contributed by atoms with Crippen LogP contribution in [-0.2, 0) is 16.1 Å². The average Bonchev–Trinajstić information content (AvgIpc) is 3.18. The van der Waals surface area contributed by atoms with Crippen molar-refractivity contribution in [2.75, 3.05) is 18.0 Å². The number of rotatable bonds is 7. The molecule has 1 atom stereocenters. The number of hydrogen-bond donors (Lipinski definition) is 1. The van der Waals surface area contributed by atoms with E-state index in [1.807, 2.05) is 0 Å². The SMILES string of the molecule is O=C(NCCn1nc(-c2ccco2)n(C2CC2)c1=O)C1CC(=O)N(c2ccc(F)cc2)C1. The molecule has 2 aromatic heterocycles. The fraction of sp³-hybridized carbons (Fsp3) is 0.364. The van der Waals surface area contributed by atoms with Gasteiger partial charge in [-0.2, -0.15) is 0 Å². The highest BCUT2D eigenvalue weighted by Crippen LogP contribution is 2.36. The summed E-state index contributed by atoms with van der Waals surface area (Å²) in [5, 5.41) is 7.21. The van der Waals surface area contributed by atoms with Crippen LogP contribution in [0.3, 0.4) is 0 Å². The maximum absolute atomic E-state index is 13.1. The Bertz CT molecular complexity index is 1190. The predicted octanol–water partition coefficient (Wildman–Crippen LogP) is 1.95. The molecule has 0 radical (unpaired) electrons. The molecule has 1 N–H and O–H groups in total. The average molecular weight is 439 g/mol. The Kier molecular flexibility index (Phi) is 5.12. The number of amides is 2. The Hall–Kier alpha value is -3.69. The number of benzene rings is 1. The Morgan fingerprint density at radius 1 is 1.19 bits per heavy atom. The van der Waals surface area contributed by atoms with E-state index >= 15 is 0 Å². The van der Waals surface area contributed by atoms with E-state index < -0.39 is 5.92 Å². The zero-order chi connectivity index (χ0) is 22.2. The van der Waals surface area contributed by atoms with E-state index in [1.165, 1.54) is 40.1 Å². The monoisotopic (exact) mass is 439 g/mol. The van der Waals surface area contributed by atoms with Crippen molar-refractivity contribution in [3.8, 4) is 11.6 Å². The Balaban J connectivity index is 1.21. The van der Waals surface area contributed by atoms with Gasteiger partial charge in [0.15, 0.2) is 5.76 Å². The lowest BCUT2D eigenvalue weighted by atomic mass is 10.1. The fourth-order valence-electron chi connectivity index (χ4n) is 3.98. The van der Waals surface area contributed by atoms with Gasteiger partial charge in [-0.3, -0.25) is 14.2 Å². The van der Waals surface area contributed by atoms with Gasteiger partial charge in [-0.15, -0.1) is 5.10 Å². The molecule has 1 unspecified atom stereocenters. The van der Waals surface area contributed by atoms with Crippen molar-refractivity contribution in [3.05, 3.63) is 59.0 Å². The maximum atomic E-state index is 13.1. The number of furan rings is 1. The summed E-state index contributed by atoms with van der Waals surface area (Å²) in [6.07, 6.45) is 3.48. The van der Waals surface area contributed by atoms with Gasteiger partial charge < -0.3 is 14.6 Å². The lowest BCUT2D eigenvalue weighted by molar-refractivity contribution is -0.126. The van der Waals surface area contributed by atoms with E-state index in [-0.39, 0.29) is 55.4 Å². The third-order valence-corrected chi connectivity index (χ3v) is 5.78. The first-order chi connectivity index (χ1) is 15.5. The molecule has 1 saturated carbocycles. The Morgan fingerprint density at radius 2 is 1.97 bits per heavy atom. The molecule has 1 saturated heterocycles. The topological polar surface area (TPSA) is 102 Å². The second-order valence-corrected chi connectivity index (χ2v) is 8.08. The minimum Gasteiger partial charge on any atom is -0.461 e. The van der Waals surface area contributed by atoms with Gasteiger partial charge in [0.05, 0.1) is 18.7 Å². The minimum atomic E-state index is -0.507. The van der Waals surface area contributed by atoms with E-state index in [1.54, 1.807) is 16.7 Å². The largest absolute Gasteiger partial charge is 0.461 e. The first kappa shape index (κ1) is 20.2. The molecule has 32 heavy (non-hydrogen) atoms. The van der Waals surface area contributed by atoms with Gasteiger partial charge in [-0.05, 0) is 49.2 Å². The van der Waals surface area contributed by atoms with Crippen molar-refractivity contribution in [1.82, 2.24) is 19.7 Å². The van der Waals surface area contributed by atoms with E-state index in [0.29, 0.717) is 17.3 Å². The highest BCUT2D eigenvalue weighted by molar-refractivity contribution is 6.00. The molecule has 5 rings (SSSR count). The van der Waals surface area contributed by atoms with Crippen LogP contribution >= 0.6 is 0 Å². The lowest BCUT2D eigenvalue weighted by Gasteiger charge is -2.16. The van der Waals surface area contributed by atoms with Crippen LogP contribution in [0.5, 0.6) is 0 Å². The number of anilines is 1. The molecular weight excluding hydrogens is 417 g/mol. The number of halogens is 1. The summed E-state index contributed by atoms with van der Waals surface area (Å²) in [7, 11) is 0. The number of nitrogens with zero attached hydrogens (tertiary/aromatic N) is 4.